The quantitative estimate of drug-likeness (QED) is 0.650. The van der Waals surface area contributed by atoms with Crippen molar-refractivity contribution >= 4 is 18.0 Å². The smallest absolute Gasteiger partial charge is 0.408 e. The van der Waals surface area contributed by atoms with E-state index < -0.39 is 36.1 Å². The fourth-order valence-electron chi connectivity index (χ4n) is 0.893. The third-order valence-electron chi connectivity index (χ3n) is 1.57. The molecule has 17 heavy (non-hydrogen) atoms. The number of nitrogens with one attached hydrogen (secondary N) is 1. The Bertz CT molecular complexity index is 306. The molecule has 0 aromatic heterocycles. The molecule has 0 aliphatic heterocycles. The van der Waals surface area contributed by atoms with Gasteiger partial charge in [0.05, 0.1) is 25.5 Å². The van der Waals surface area contributed by atoms with Gasteiger partial charge in [0, 0.05) is 0 Å². The van der Waals surface area contributed by atoms with Gasteiger partial charge in [0.15, 0.2) is 0 Å². The molecular formula is C10H16NO6-. The van der Waals surface area contributed by atoms with Crippen LogP contribution in [0.2, 0.25) is 0 Å². The molecular weight excluding hydrogens is 230 g/mol. The molecule has 1 N–H and O–H groups in total. The third kappa shape index (κ3) is 7.15. The molecule has 0 bridgehead atoms. The van der Waals surface area contributed by atoms with Crippen LogP contribution >= 0.6 is 0 Å². The van der Waals surface area contributed by atoms with Gasteiger partial charge in [-0.3, -0.25) is 4.79 Å². The summed E-state index contributed by atoms with van der Waals surface area (Å²) in [5.41, 5.74) is -0.758. The Hall–Kier alpha value is -1.79. The van der Waals surface area contributed by atoms with E-state index in [9.17, 15) is 19.5 Å². The molecule has 7 nitrogen and oxygen atoms in total. The molecule has 0 aromatic carbocycles. The summed E-state index contributed by atoms with van der Waals surface area (Å²) >= 11 is 0. The predicted molar refractivity (Wildman–Crippen MR) is 54.8 cm³/mol. The van der Waals surface area contributed by atoms with Crippen molar-refractivity contribution in [2.75, 3.05) is 7.11 Å². The summed E-state index contributed by atoms with van der Waals surface area (Å²) in [6, 6.07) is -1.47. The fourth-order valence-corrected chi connectivity index (χ4v) is 0.893. The molecule has 0 radical (unpaired) electrons. The van der Waals surface area contributed by atoms with Gasteiger partial charge in [0.2, 0.25) is 0 Å². The van der Waals surface area contributed by atoms with Crippen LogP contribution in [0.15, 0.2) is 0 Å². The van der Waals surface area contributed by atoms with Crippen molar-refractivity contribution < 1.29 is 29.0 Å². The Balaban J connectivity index is 4.41. The first kappa shape index (κ1) is 15.2. The van der Waals surface area contributed by atoms with E-state index in [4.69, 9.17) is 4.74 Å². The zero-order valence-electron chi connectivity index (χ0n) is 10.2. The fraction of sp³-hybridized carbons (Fsp3) is 0.700. The Labute approximate surface area is 99.1 Å². The van der Waals surface area contributed by atoms with Crippen molar-refractivity contribution in [3.8, 4) is 0 Å². The number of carboxylic acids is 1. The van der Waals surface area contributed by atoms with Crippen molar-refractivity contribution in [3.05, 3.63) is 0 Å². The van der Waals surface area contributed by atoms with Crippen molar-refractivity contribution in [2.45, 2.75) is 38.8 Å². The molecule has 0 fully saturated rings. The van der Waals surface area contributed by atoms with Gasteiger partial charge >= 0.3 is 12.1 Å². The summed E-state index contributed by atoms with van der Waals surface area (Å²) in [4.78, 5) is 32.8. The normalized spacial score (nSPS) is 12.5. The summed E-state index contributed by atoms with van der Waals surface area (Å²) in [6.07, 6.45) is -1.45. The Morgan fingerprint density at radius 3 is 2.18 bits per heavy atom. The van der Waals surface area contributed by atoms with Crippen LogP contribution in [0.5, 0.6) is 0 Å². The van der Waals surface area contributed by atoms with Crippen molar-refractivity contribution in [3.63, 3.8) is 0 Å². The highest BCUT2D eigenvalue weighted by Gasteiger charge is 2.22. The predicted octanol–water partition coefficient (Wildman–Crippen LogP) is -0.807. The lowest BCUT2D eigenvalue weighted by Gasteiger charge is -2.23. The maximum absolute atomic E-state index is 11.3. The highest BCUT2D eigenvalue weighted by Crippen LogP contribution is 2.07. The molecule has 0 heterocycles. The molecule has 0 saturated heterocycles. The standard InChI is InChI=1S/C10H17NO6/c1-10(2,3)17-9(15)11-6(8(13)14)5-7(12)16-4/h6H,5H2,1-4H3,(H,11,15)(H,13,14)/p-1/t6-/m1/s1. The topological polar surface area (TPSA) is 105 Å². The number of hydrogen-bond donors (Lipinski definition) is 1. The molecule has 0 unspecified atom stereocenters. The number of carboxylic acid groups (broad SMARTS) is 1. The Kier molecular flexibility index (Phi) is 5.43. The summed E-state index contributed by atoms with van der Waals surface area (Å²) in [5.74, 6) is -2.35. The minimum absolute atomic E-state index is 0.516. The van der Waals surface area contributed by atoms with Gasteiger partial charge in [-0.2, -0.15) is 0 Å². The van der Waals surface area contributed by atoms with Crippen LogP contribution in [0.4, 0.5) is 4.79 Å². The molecule has 0 spiro atoms. The first-order valence-corrected chi connectivity index (χ1v) is 4.93. The molecule has 1 amide bonds. The van der Waals surface area contributed by atoms with Crippen LogP contribution in [-0.4, -0.2) is 36.8 Å². The number of esters is 1. The number of carbonyl (C=O) groups excluding carboxylic acids is 3. The maximum atomic E-state index is 11.3. The van der Waals surface area contributed by atoms with E-state index in [0.29, 0.717) is 0 Å². The van der Waals surface area contributed by atoms with Crippen LogP contribution < -0.4 is 10.4 Å². The number of aliphatic carboxylic acids is 1. The average molecular weight is 246 g/mol. The van der Waals surface area contributed by atoms with Gasteiger partial charge in [-0.25, -0.2) is 4.79 Å². The summed E-state index contributed by atoms with van der Waals surface area (Å²) in [5, 5.41) is 12.7. The van der Waals surface area contributed by atoms with Crippen LogP contribution in [0.3, 0.4) is 0 Å². The number of methoxy groups -OCH3 is 1. The number of amides is 1. The van der Waals surface area contributed by atoms with Gasteiger partial charge in [-0.1, -0.05) is 0 Å². The Morgan fingerprint density at radius 1 is 1.29 bits per heavy atom. The zero-order chi connectivity index (χ0) is 13.6. The lowest BCUT2D eigenvalue weighted by atomic mass is 10.2. The number of rotatable bonds is 4. The van der Waals surface area contributed by atoms with E-state index in [0.717, 1.165) is 7.11 Å². The van der Waals surface area contributed by atoms with E-state index in [1.807, 2.05) is 5.32 Å². The second kappa shape index (κ2) is 6.07. The molecule has 0 aromatic rings. The zero-order valence-corrected chi connectivity index (χ0v) is 10.2. The SMILES string of the molecule is COC(=O)C[C@@H](NC(=O)OC(C)(C)C)C(=O)[O-]. The van der Waals surface area contributed by atoms with Crippen LogP contribution in [-0.2, 0) is 19.1 Å². The van der Waals surface area contributed by atoms with Crippen LogP contribution in [0.1, 0.15) is 27.2 Å². The largest absolute Gasteiger partial charge is 0.548 e. The molecule has 7 heteroatoms. The first-order valence-electron chi connectivity index (χ1n) is 4.93. The van der Waals surface area contributed by atoms with E-state index in [1.54, 1.807) is 20.8 Å². The Morgan fingerprint density at radius 2 is 1.82 bits per heavy atom. The third-order valence-corrected chi connectivity index (χ3v) is 1.57. The summed E-state index contributed by atoms with van der Waals surface area (Å²) in [7, 11) is 1.11. The van der Waals surface area contributed by atoms with Gasteiger partial charge in [-0.05, 0) is 20.8 Å². The minimum Gasteiger partial charge on any atom is -0.548 e. The second-order valence-electron chi connectivity index (χ2n) is 4.30. The molecule has 0 saturated carbocycles. The second-order valence-corrected chi connectivity index (χ2v) is 4.30. The van der Waals surface area contributed by atoms with E-state index >= 15 is 0 Å². The lowest BCUT2D eigenvalue weighted by Crippen LogP contribution is -2.50. The minimum atomic E-state index is -1.58. The molecule has 98 valence electrons. The molecule has 0 aliphatic rings. The van der Waals surface area contributed by atoms with Crippen LogP contribution in [0.25, 0.3) is 0 Å². The number of alkyl carbamates (subject to hydrolysis) is 1. The van der Waals surface area contributed by atoms with Gasteiger partial charge in [-0.15, -0.1) is 0 Å². The first-order chi connectivity index (χ1) is 7.65. The highest BCUT2D eigenvalue weighted by atomic mass is 16.6. The number of ether oxygens (including phenoxy) is 2. The van der Waals surface area contributed by atoms with Gasteiger partial charge in [0.25, 0.3) is 0 Å². The summed E-state index contributed by atoms with van der Waals surface area (Å²) < 4.78 is 9.13. The average Bonchev–Trinajstić information content (AvgIpc) is 2.13. The maximum Gasteiger partial charge on any atom is 0.408 e. The number of carbonyl (C=O) groups is 3. The van der Waals surface area contributed by atoms with Crippen molar-refractivity contribution in [1.29, 1.82) is 0 Å². The van der Waals surface area contributed by atoms with Gasteiger partial charge < -0.3 is 24.7 Å². The molecule has 0 aliphatic carbocycles. The molecule has 1 atom stereocenters. The van der Waals surface area contributed by atoms with Crippen molar-refractivity contribution in [2.24, 2.45) is 0 Å². The van der Waals surface area contributed by atoms with E-state index in [-0.39, 0.29) is 0 Å². The highest BCUT2D eigenvalue weighted by molar-refractivity contribution is 5.84. The van der Waals surface area contributed by atoms with E-state index in [1.165, 1.54) is 0 Å². The number of hydrogen-bond acceptors (Lipinski definition) is 6. The lowest BCUT2D eigenvalue weighted by molar-refractivity contribution is -0.308. The van der Waals surface area contributed by atoms with Crippen LogP contribution in [0, 0.1) is 0 Å². The van der Waals surface area contributed by atoms with Crippen molar-refractivity contribution in [1.82, 2.24) is 5.32 Å². The molecule has 0 rings (SSSR count). The van der Waals surface area contributed by atoms with Gasteiger partial charge in [0.1, 0.15) is 5.60 Å². The monoisotopic (exact) mass is 246 g/mol. The summed E-state index contributed by atoms with van der Waals surface area (Å²) in [6.45, 7) is 4.88. The van der Waals surface area contributed by atoms with E-state index in [2.05, 4.69) is 4.74 Å².